The Labute approximate surface area is 144 Å². The number of hydrogen-bond acceptors (Lipinski definition) is 2. The molecule has 22 heavy (non-hydrogen) atoms. The number of hydrogen-bond donors (Lipinski definition) is 0. The molecule has 0 aromatic heterocycles. The van der Waals surface area contributed by atoms with E-state index >= 15 is 0 Å². The Hall–Kier alpha value is -1.04. The molecule has 1 atom stereocenters. The maximum atomic E-state index is 13.1. The normalized spacial score (nSPS) is 18.1. The van der Waals surface area contributed by atoms with Gasteiger partial charge in [0.25, 0.3) is 10.0 Å². The highest BCUT2D eigenvalue weighted by atomic mass is 79.9. The second-order valence-electron chi connectivity index (χ2n) is 5.39. The summed E-state index contributed by atoms with van der Waals surface area (Å²) in [5.74, 6) is 0. The summed E-state index contributed by atoms with van der Waals surface area (Å²) < 4.78 is 28.3. The molecule has 6 heteroatoms. The molecule has 2 aromatic carbocycles. The summed E-state index contributed by atoms with van der Waals surface area (Å²) in [6.07, 6.45) is 1.71. The van der Waals surface area contributed by atoms with Gasteiger partial charge in [-0.05, 0) is 65.5 Å². The lowest BCUT2D eigenvalue weighted by molar-refractivity contribution is 0.563. The first-order valence-corrected chi connectivity index (χ1v) is 9.60. The van der Waals surface area contributed by atoms with Crippen molar-refractivity contribution in [3.8, 4) is 0 Å². The van der Waals surface area contributed by atoms with Gasteiger partial charge in [0.05, 0.1) is 15.6 Å². The molecule has 0 amide bonds. The SMILES string of the molecule is CC1CCc2ccccc2N1S(=O)(=O)c1ccc(Cl)c(Br)c1. The number of para-hydroxylation sites is 1. The molecule has 116 valence electrons. The fraction of sp³-hybridized carbons (Fsp3) is 0.250. The Morgan fingerprint density at radius 3 is 2.68 bits per heavy atom. The third-order valence-corrected chi connectivity index (χ3v) is 7.05. The minimum Gasteiger partial charge on any atom is -0.263 e. The lowest BCUT2D eigenvalue weighted by Gasteiger charge is -2.36. The van der Waals surface area contributed by atoms with Crippen LogP contribution < -0.4 is 4.31 Å². The zero-order chi connectivity index (χ0) is 15.9. The van der Waals surface area contributed by atoms with Gasteiger partial charge in [0.15, 0.2) is 0 Å². The first-order chi connectivity index (χ1) is 10.4. The molecule has 1 unspecified atom stereocenters. The summed E-state index contributed by atoms with van der Waals surface area (Å²) in [6, 6.07) is 12.3. The third-order valence-electron chi connectivity index (χ3n) is 3.91. The summed E-state index contributed by atoms with van der Waals surface area (Å²) in [7, 11) is -3.62. The largest absolute Gasteiger partial charge is 0.264 e. The van der Waals surface area contributed by atoms with Crippen molar-refractivity contribution >= 4 is 43.2 Å². The van der Waals surface area contributed by atoms with Crippen LogP contribution in [0, 0.1) is 0 Å². The number of halogens is 2. The molecular weight excluding hydrogens is 386 g/mol. The molecule has 2 aromatic rings. The lowest BCUT2D eigenvalue weighted by Crippen LogP contribution is -2.42. The van der Waals surface area contributed by atoms with Crippen molar-refractivity contribution in [2.75, 3.05) is 4.31 Å². The molecule has 0 bridgehead atoms. The van der Waals surface area contributed by atoms with Crippen molar-refractivity contribution < 1.29 is 8.42 Å². The standard InChI is InChI=1S/C16H15BrClNO2S/c1-11-6-7-12-4-2-3-5-16(12)19(11)22(20,21)13-8-9-15(18)14(17)10-13/h2-5,8-11H,6-7H2,1H3. The van der Waals surface area contributed by atoms with Crippen LogP contribution in [0.3, 0.4) is 0 Å². The van der Waals surface area contributed by atoms with Crippen molar-refractivity contribution in [3.63, 3.8) is 0 Å². The number of sulfonamides is 1. The lowest BCUT2D eigenvalue weighted by atomic mass is 9.99. The van der Waals surface area contributed by atoms with Crippen molar-refractivity contribution in [3.05, 3.63) is 57.5 Å². The molecular formula is C16H15BrClNO2S. The van der Waals surface area contributed by atoms with Crippen LogP contribution in [0.5, 0.6) is 0 Å². The van der Waals surface area contributed by atoms with Crippen LogP contribution in [0.2, 0.25) is 5.02 Å². The molecule has 0 saturated heterocycles. The van der Waals surface area contributed by atoms with Crippen molar-refractivity contribution in [2.24, 2.45) is 0 Å². The first kappa shape index (κ1) is 15.8. The van der Waals surface area contributed by atoms with Crippen LogP contribution >= 0.6 is 27.5 Å². The van der Waals surface area contributed by atoms with E-state index in [2.05, 4.69) is 15.9 Å². The third kappa shape index (κ3) is 2.66. The van der Waals surface area contributed by atoms with E-state index in [-0.39, 0.29) is 10.9 Å². The summed E-state index contributed by atoms with van der Waals surface area (Å²) in [5.41, 5.74) is 1.84. The Morgan fingerprint density at radius 2 is 1.95 bits per heavy atom. The molecule has 0 radical (unpaired) electrons. The summed E-state index contributed by atoms with van der Waals surface area (Å²) in [5, 5.41) is 0.492. The molecule has 3 rings (SSSR count). The minimum absolute atomic E-state index is 0.0747. The fourth-order valence-electron chi connectivity index (χ4n) is 2.77. The quantitative estimate of drug-likeness (QED) is 0.737. The molecule has 0 aliphatic carbocycles. The average Bonchev–Trinajstić information content (AvgIpc) is 2.49. The smallest absolute Gasteiger partial charge is 0.263 e. The predicted molar refractivity (Wildman–Crippen MR) is 93.0 cm³/mol. The zero-order valence-corrected chi connectivity index (χ0v) is 15.1. The number of rotatable bonds is 2. The Morgan fingerprint density at radius 1 is 1.23 bits per heavy atom. The number of benzene rings is 2. The van der Waals surface area contributed by atoms with Gasteiger partial charge >= 0.3 is 0 Å². The van der Waals surface area contributed by atoms with Gasteiger partial charge in [-0.3, -0.25) is 4.31 Å². The molecule has 0 saturated carbocycles. The fourth-order valence-corrected chi connectivity index (χ4v) is 5.17. The molecule has 0 fully saturated rings. The van der Waals surface area contributed by atoms with Crippen LogP contribution in [-0.2, 0) is 16.4 Å². The van der Waals surface area contributed by atoms with Gasteiger partial charge in [-0.15, -0.1) is 0 Å². The Balaban J connectivity index is 2.14. The van der Waals surface area contributed by atoms with E-state index in [1.165, 1.54) is 4.31 Å². The Bertz CT molecular complexity index is 823. The molecule has 0 spiro atoms. The number of anilines is 1. The highest BCUT2D eigenvalue weighted by Gasteiger charge is 2.33. The van der Waals surface area contributed by atoms with Crippen LogP contribution in [0.1, 0.15) is 18.9 Å². The number of aryl methyl sites for hydroxylation is 1. The van der Waals surface area contributed by atoms with Gasteiger partial charge < -0.3 is 0 Å². The first-order valence-electron chi connectivity index (χ1n) is 6.98. The molecule has 3 nitrogen and oxygen atoms in total. The highest BCUT2D eigenvalue weighted by Crippen LogP contribution is 2.36. The average molecular weight is 401 g/mol. The maximum absolute atomic E-state index is 13.1. The van der Waals surface area contributed by atoms with Gasteiger partial charge in [-0.1, -0.05) is 29.8 Å². The second-order valence-corrected chi connectivity index (χ2v) is 8.47. The van der Waals surface area contributed by atoms with E-state index in [1.807, 2.05) is 31.2 Å². The van der Waals surface area contributed by atoms with Gasteiger partial charge in [0.1, 0.15) is 0 Å². The maximum Gasteiger partial charge on any atom is 0.264 e. The van der Waals surface area contributed by atoms with Crippen LogP contribution in [0.4, 0.5) is 5.69 Å². The topological polar surface area (TPSA) is 37.4 Å². The van der Waals surface area contributed by atoms with Gasteiger partial charge in [-0.2, -0.15) is 0 Å². The summed E-state index contributed by atoms with van der Waals surface area (Å²) in [6.45, 7) is 1.94. The zero-order valence-electron chi connectivity index (χ0n) is 12.0. The van der Waals surface area contributed by atoms with E-state index in [4.69, 9.17) is 11.6 Å². The van der Waals surface area contributed by atoms with Gasteiger partial charge in [0.2, 0.25) is 0 Å². The molecule has 1 heterocycles. The Kier molecular flexibility index (Phi) is 4.23. The molecule has 0 N–H and O–H groups in total. The second kappa shape index (κ2) is 5.87. The van der Waals surface area contributed by atoms with E-state index in [0.29, 0.717) is 9.50 Å². The summed E-state index contributed by atoms with van der Waals surface area (Å²) >= 11 is 9.27. The van der Waals surface area contributed by atoms with Crippen LogP contribution in [0.25, 0.3) is 0 Å². The van der Waals surface area contributed by atoms with E-state index < -0.39 is 10.0 Å². The van der Waals surface area contributed by atoms with E-state index in [9.17, 15) is 8.42 Å². The van der Waals surface area contributed by atoms with Crippen molar-refractivity contribution in [2.45, 2.75) is 30.7 Å². The monoisotopic (exact) mass is 399 g/mol. The molecule has 1 aliphatic heterocycles. The van der Waals surface area contributed by atoms with Crippen molar-refractivity contribution in [1.82, 2.24) is 0 Å². The van der Waals surface area contributed by atoms with Crippen molar-refractivity contribution in [1.29, 1.82) is 0 Å². The van der Waals surface area contributed by atoms with E-state index in [0.717, 1.165) is 24.1 Å². The van der Waals surface area contributed by atoms with Gasteiger partial charge in [0, 0.05) is 10.5 Å². The predicted octanol–water partition coefficient (Wildman–Crippen LogP) is 4.63. The highest BCUT2D eigenvalue weighted by molar-refractivity contribution is 9.10. The van der Waals surface area contributed by atoms with Crippen LogP contribution in [-0.4, -0.2) is 14.5 Å². The van der Waals surface area contributed by atoms with E-state index in [1.54, 1.807) is 18.2 Å². The van der Waals surface area contributed by atoms with Crippen LogP contribution in [0.15, 0.2) is 51.8 Å². The van der Waals surface area contributed by atoms with Gasteiger partial charge in [-0.25, -0.2) is 8.42 Å². The minimum atomic E-state index is -3.62. The number of nitrogens with zero attached hydrogens (tertiary/aromatic N) is 1. The molecule has 1 aliphatic rings. The number of fused-ring (bicyclic) bond motifs is 1. The summed E-state index contributed by atoms with van der Waals surface area (Å²) in [4.78, 5) is 0.243.